The van der Waals surface area contributed by atoms with Gasteiger partial charge in [-0.3, -0.25) is 0 Å². The van der Waals surface area contributed by atoms with Crippen LogP contribution < -0.4 is 5.32 Å². The molecule has 0 atom stereocenters. The van der Waals surface area contributed by atoms with E-state index in [9.17, 15) is 0 Å². The summed E-state index contributed by atoms with van der Waals surface area (Å²) in [5.74, 6) is 0. The summed E-state index contributed by atoms with van der Waals surface area (Å²) < 4.78 is 0.941. The second kappa shape index (κ2) is 5.96. The second-order valence-electron chi connectivity index (χ2n) is 3.10. The summed E-state index contributed by atoms with van der Waals surface area (Å²) in [6.45, 7) is 5.37. The van der Waals surface area contributed by atoms with Crippen molar-refractivity contribution in [3.8, 4) is 0 Å². The number of aliphatic hydroxyl groups excluding tert-OH is 1. The highest BCUT2D eigenvalue weighted by Crippen LogP contribution is 2.05. The van der Waals surface area contributed by atoms with Crippen LogP contribution in [0.15, 0.2) is 35.3 Å². The van der Waals surface area contributed by atoms with Crippen molar-refractivity contribution < 1.29 is 5.11 Å². The van der Waals surface area contributed by atoms with Crippen molar-refractivity contribution in [3.05, 3.63) is 46.5 Å². The molecule has 0 aliphatic heterocycles. The summed E-state index contributed by atoms with van der Waals surface area (Å²) in [7, 11) is 0. The second-order valence-corrected chi connectivity index (χ2v) is 4.22. The standard InChI is InChI=1S/C11H14BrNO/c1-9(12)6-13-7-10-3-2-4-11(5-10)8-14/h2-5,13-14H,1,6-8H2. The quantitative estimate of drug-likeness (QED) is 0.846. The molecule has 0 radical (unpaired) electrons. The van der Waals surface area contributed by atoms with Gasteiger partial charge in [0.1, 0.15) is 0 Å². The molecule has 2 N–H and O–H groups in total. The minimum absolute atomic E-state index is 0.0962. The molecule has 0 amide bonds. The van der Waals surface area contributed by atoms with Gasteiger partial charge in [-0.2, -0.15) is 0 Å². The predicted octanol–water partition coefficient (Wildman–Crippen LogP) is 2.18. The lowest BCUT2D eigenvalue weighted by Gasteiger charge is -2.05. The van der Waals surface area contributed by atoms with Gasteiger partial charge in [0.2, 0.25) is 0 Å². The normalized spacial score (nSPS) is 10.1. The molecule has 0 aromatic heterocycles. The zero-order chi connectivity index (χ0) is 10.4. The van der Waals surface area contributed by atoms with Gasteiger partial charge in [0.05, 0.1) is 6.61 Å². The van der Waals surface area contributed by atoms with Crippen molar-refractivity contribution in [2.75, 3.05) is 6.54 Å². The molecule has 0 aliphatic rings. The van der Waals surface area contributed by atoms with E-state index in [1.165, 1.54) is 5.56 Å². The van der Waals surface area contributed by atoms with E-state index in [2.05, 4.69) is 27.8 Å². The van der Waals surface area contributed by atoms with Gasteiger partial charge in [-0.05, 0) is 11.1 Å². The van der Waals surface area contributed by atoms with E-state index in [1.54, 1.807) is 0 Å². The number of hydrogen-bond donors (Lipinski definition) is 2. The molecule has 0 unspecified atom stereocenters. The molecule has 0 aliphatic carbocycles. The van der Waals surface area contributed by atoms with Gasteiger partial charge in [-0.25, -0.2) is 0 Å². The predicted molar refractivity (Wildman–Crippen MR) is 62.1 cm³/mol. The molecule has 2 nitrogen and oxygen atoms in total. The van der Waals surface area contributed by atoms with Crippen LogP contribution in [-0.2, 0) is 13.2 Å². The Hall–Kier alpha value is -0.640. The van der Waals surface area contributed by atoms with Gasteiger partial charge in [-0.1, -0.05) is 46.8 Å². The van der Waals surface area contributed by atoms with E-state index >= 15 is 0 Å². The Labute approximate surface area is 92.8 Å². The van der Waals surface area contributed by atoms with Crippen molar-refractivity contribution in [1.29, 1.82) is 0 Å². The fraction of sp³-hybridized carbons (Fsp3) is 0.273. The molecule has 0 bridgehead atoms. The van der Waals surface area contributed by atoms with Crippen LogP contribution in [0.1, 0.15) is 11.1 Å². The maximum atomic E-state index is 8.93. The first kappa shape index (κ1) is 11.4. The smallest absolute Gasteiger partial charge is 0.0681 e. The molecular weight excluding hydrogens is 242 g/mol. The highest BCUT2D eigenvalue weighted by atomic mass is 79.9. The van der Waals surface area contributed by atoms with Gasteiger partial charge in [-0.15, -0.1) is 0 Å². The van der Waals surface area contributed by atoms with Crippen molar-refractivity contribution in [2.24, 2.45) is 0 Å². The Morgan fingerprint density at radius 3 is 2.79 bits per heavy atom. The minimum atomic E-state index is 0.0962. The van der Waals surface area contributed by atoms with Crippen LogP contribution >= 0.6 is 15.9 Å². The largest absolute Gasteiger partial charge is 0.392 e. The number of benzene rings is 1. The molecule has 0 spiro atoms. The van der Waals surface area contributed by atoms with Crippen molar-refractivity contribution in [2.45, 2.75) is 13.2 Å². The number of rotatable bonds is 5. The molecule has 0 heterocycles. The van der Waals surface area contributed by atoms with Crippen LogP contribution in [0.3, 0.4) is 0 Å². The molecule has 1 aromatic rings. The molecule has 0 saturated heterocycles. The average molecular weight is 256 g/mol. The van der Waals surface area contributed by atoms with Crippen LogP contribution in [0.5, 0.6) is 0 Å². The lowest BCUT2D eigenvalue weighted by molar-refractivity contribution is 0.281. The zero-order valence-corrected chi connectivity index (χ0v) is 9.55. The fourth-order valence-electron chi connectivity index (χ4n) is 1.18. The van der Waals surface area contributed by atoms with Crippen molar-refractivity contribution in [1.82, 2.24) is 5.32 Å². The monoisotopic (exact) mass is 255 g/mol. The lowest BCUT2D eigenvalue weighted by atomic mass is 10.1. The molecule has 1 rings (SSSR count). The maximum Gasteiger partial charge on any atom is 0.0681 e. The van der Waals surface area contributed by atoms with Gasteiger partial charge in [0, 0.05) is 17.6 Å². The Balaban J connectivity index is 2.46. The van der Waals surface area contributed by atoms with E-state index in [1.807, 2.05) is 24.3 Å². The third kappa shape index (κ3) is 4.05. The van der Waals surface area contributed by atoms with E-state index in [-0.39, 0.29) is 6.61 Å². The van der Waals surface area contributed by atoms with Gasteiger partial charge < -0.3 is 10.4 Å². The van der Waals surface area contributed by atoms with Crippen LogP contribution in [0.4, 0.5) is 0 Å². The maximum absolute atomic E-state index is 8.93. The van der Waals surface area contributed by atoms with E-state index in [0.29, 0.717) is 0 Å². The first-order valence-corrected chi connectivity index (χ1v) is 5.24. The number of nitrogens with one attached hydrogen (secondary N) is 1. The van der Waals surface area contributed by atoms with Crippen LogP contribution in [0.2, 0.25) is 0 Å². The molecule has 0 saturated carbocycles. The fourth-order valence-corrected chi connectivity index (χ4v) is 1.38. The van der Waals surface area contributed by atoms with E-state index < -0.39 is 0 Å². The topological polar surface area (TPSA) is 32.3 Å². The van der Waals surface area contributed by atoms with Crippen molar-refractivity contribution in [3.63, 3.8) is 0 Å². The minimum Gasteiger partial charge on any atom is -0.392 e. The molecule has 76 valence electrons. The highest BCUT2D eigenvalue weighted by Gasteiger charge is 1.94. The number of halogens is 1. The summed E-state index contributed by atoms with van der Waals surface area (Å²) in [4.78, 5) is 0. The summed E-state index contributed by atoms with van der Waals surface area (Å²) in [6.07, 6.45) is 0. The van der Waals surface area contributed by atoms with Crippen molar-refractivity contribution >= 4 is 15.9 Å². The van der Waals surface area contributed by atoms with Gasteiger partial charge in [0.25, 0.3) is 0 Å². The Morgan fingerprint density at radius 2 is 2.14 bits per heavy atom. The molecule has 0 fully saturated rings. The molecule has 14 heavy (non-hydrogen) atoms. The van der Waals surface area contributed by atoms with Crippen LogP contribution in [0.25, 0.3) is 0 Å². The van der Waals surface area contributed by atoms with Crippen LogP contribution in [0, 0.1) is 0 Å². The SMILES string of the molecule is C=C(Br)CNCc1cccc(CO)c1. The number of aliphatic hydroxyl groups is 1. The third-order valence-corrected chi connectivity index (χ3v) is 2.10. The Bertz CT molecular complexity index is 312. The lowest BCUT2D eigenvalue weighted by Crippen LogP contribution is -2.14. The molecular formula is C11H14BrNO. The average Bonchev–Trinajstić information content (AvgIpc) is 2.18. The Morgan fingerprint density at radius 1 is 1.43 bits per heavy atom. The summed E-state index contributed by atoms with van der Waals surface area (Å²) >= 11 is 3.28. The third-order valence-electron chi connectivity index (χ3n) is 1.82. The molecule has 1 aromatic carbocycles. The highest BCUT2D eigenvalue weighted by molar-refractivity contribution is 9.11. The number of hydrogen-bond acceptors (Lipinski definition) is 2. The Kier molecular flexibility index (Phi) is 4.87. The summed E-state index contributed by atoms with van der Waals surface area (Å²) in [5.41, 5.74) is 2.12. The summed E-state index contributed by atoms with van der Waals surface area (Å²) in [5, 5.41) is 12.2. The van der Waals surface area contributed by atoms with Crippen LogP contribution in [-0.4, -0.2) is 11.7 Å². The van der Waals surface area contributed by atoms with Gasteiger partial charge >= 0.3 is 0 Å². The van der Waals surface area contributed by atoms with E-state index in [4.69, 9.17) is 5.11 Å². The summed E-state index contributed by atoms with van der Waals surface area (Å²) in [6, 6.07) is 7.88. The first-order chi connectivity index (χ1) is 6.72. The molecule has 3 heteroatoms. The van der Waals surface area contributed by atoms with E-state index in [0.717, 1.165) is 23.1 Å². The van der Waals surface area contributed by atoms with Gasteiger partial charge in [0.15, 0.2) is 0 Å². The first-order valence-electron chi connectivity index (χ1n) is 4.45. The zero-order valence-electron chi connectivity index (χ0n) is 7.96.